The van der Waals surface area contributed by atoms with E-state index < -0.39 is 0 Å². The Morgan fingerprint density at radius 2 is 1.60 bits per heavy atom. The van der Waals surface area contributed by atoms with Crippen LogP contribution in [0, 0.1) is 0 Å². The Balaban J connectivity index is 0.00000196. The molecule has 1 rings (SSSR count). The number of nitrogens with two attached hydrogens (primary N) is 2. The maximum Gasteiger partial charge on any atom is 0.122 e. The van der Waals surface area contributed by atoms with Gasteiger partial charge in [-0.2, -0.15) is 0 Å². The summed E-state index contributed by atoms with van der Waals surface area (Å²) >= 11 is 0. The maximum absolute atomic E-state index is 5.81. The Kier molecular flexibility index (Phi) is 6.08. The average molecular weight is 233 g/mol. The van der Waals surface area contributed by atoms with Gasteiger partial charge in [0.1, 0.15) is 11.5 Å². The van der Waals surface area contributed by atoms with Crippen LogP contribution in [0.1, 0.15) is 11.6 Å². The minimum Gasteiger partial charge on any atom is -0.497 e. The molecule has 0 radical (unpaired) electrons. The maximum atomic E-state index is 5.81. The Morgan fingerprint density at radius 1 is 1.13 bits per heavy atom. The summed E-state index contributed by atoms with van der Waals surface area (Å²) < 4.78 is 10.2. The van der Waals surface area contributed by atoms with E-state index in [9.17, 15) is 0 Å². The second-order valence-corrected chi connectivity index (χ2v) is 2.99. The predicted molar refractivity (Wildman–Crippen MR) is 62.8 cm³/mol. The number of hydrogen-bond donors (Lipinski definition) is 2. The number of ether oxygens (including phenoxy) is 2. The summed E-state index contributed by atoms with van der Waals surface area (Å²) in [5, 5.41) is 0. The number of rotatable bonds is 4. The van der Waals surface area contributed by atoms with Gasteiger partial charge in [-0.25, -0.2) is 0 Å². The van der Waals surface area contributed by atoms with Crippen LogP contribution in [-0.2, 0) is 0 Å². The quantitative estimate of drug-likeness (QED) is 0.815. The molecule has 15 heavy (non-hydrogen) atoms. The van der Waals surface area contributed by atoms with Crippen LogP contribution in [0.15, 0.2) is 18.2 Å². The van der Waals surface area contributed by atoms with Gasteiger partial charge in [0.2, 0.25) is 0 Å². The van der Waals surface area contributed by atoms with Gasteiger partial charge in [-0.05, 0) is 17.7 Å². The number of methoxy groups -OCH3 is 2. The highest BCUT2D eigenvalue weighted by Gasteiger charge is 2.07. The van der Waals surface area contributed by atoms with E-state index in [1.165, 1.54) is 0 Å². The average Bonchev–Trinajstić information content (AvgIpc) is 2.27. The van der Waals surface area contributed by atoms with Crippen LogP contribution in [-0.4, -0.2) is 20.8 Å². The van der Waals surface area contributed by atoms with Crippen molar-refractivity contribution in [2.75, 3.05) is 20.8 Å². The normalized spacial score (nSPS) is 11.5. The first-order valence-corrected chi connectivity index (χ1v) is 4.40. The van der Waals surface area contributed by atoms with Gasteiger partial charge < -0.3 is 20.9 Å². The summed E-state index contributed by atoms with van der Waals surface area (Å²) in [6.45, 7) is 0.399. The molecule has 0 aliphatic rings. The van der Waals surface area contributed by atoms with Gasteiger partial charge >= 0.3 is 0 Å². The molecule has 0 heterocycles. The van der Waals surface area contributed by atoms with Crippen molar-refractivity contribution in [1.82, 2.24) is 0 Å². The summed E-state index contributed by atoms with van der Waals surface area (Å²) in [6.07, 6.45) is 0. The summed E-state index contributed by atoms with van der Waals surface area (Å²) in [4.78, 5) is 0. The van der Waals surface area contributed by atoms with Crippen LogP contribution >= 0.6 is 12.4 Å². The number of benzene rings is 1. The van der Waals surface area contributed by atoms with Crippen LogP contribution in [0.25, 0.3) is 0 Å². The monoisotopic (exact) mass is 232 g/mol. The molecule has 4 N–H and O–H groups in total. The van der Waals surface area contributed by atoms with Crippen LogP contribution in [0.5, 0.6) is 11.5 Å². The minimum absolute atomic E-state index is 0. The lowest BCUT2D eigenvalue weighted by Crippen LogP contribution is -2.20. The highest BCUT2D eigenvalue weighted by molar-refractivity contribution is 5.85. The first kappa shape index (κ1) is 14.0. The van der Waals surface area contributed by atoms with E-state index in [1.807, 2.05) is 12.1 Å². The molecule has 0 fully saturated rings. The highest BCUT2D eigenvalue weighted by atomic mass is 35.5. The molecular formula is C10H17ClN2O2. The van der Waals surface area contributed by atoms with Gasteiger partial charge in [0.25, 0.3) is 0 Å². The van der Waals surface area contributed by atoms with Crippen molar-refractivity contribution in [2.24, 2.45) is 11.5 Å². The molecule has 0 spiro atoms. The molecule has 1 atom stereocenters. The van der Waals surface area contributed by atoms with Crippen LogP contribution in [0.4, 0.5) is 0 Å². The van der Waals surface area contributed by atoms with Crippen molar-refractivity contribution < 1.29 is 9.47 Å². The second-order valence-electron chi connectivity index (χ2n) is 2.99. The minimum atomic E-state index is -0.181. The molecule has 5 heteroatoms. The molecule has 0 aliphatic heterocycles. The van der Waals surface area contributed by atoms with Gasteiger partial charge in [-0.3, -0.25) is 0 Å². The van der Waals surface area contributed by atoms with Crippen molar-refractivity contribution in [3.05, 3.63) is 23.8 Å². The standard InChI is InChI=1S/C10H16N2O2.ClH/c1-13-8-3-7(10(12)6-11)4-9(5-8)14-2;/h3-5,10H,6,11-12H2,1-2H3;1H/t10-;/m0./s1. The Labute approximate surface area is 96.0 Å². The molecule has 0 aliphatic carbocycles. The first-order valence-electron chi connectivity index (χ1n) is 4.40. The first-order chi connectivity index (χ1) is 6.71. The third-order valence-corrected chi connectivity index (χ3v) is 2.06. The van der Waals surface area contributed by atoms with Gasteiger partial charge in [-0.15, -0.1) is 12.4 Å². The summed E-state index contributed by atoms with van der Waals surface area (Å²) in [6, 6.07) is 5.34. The van der Waals surface area contributed by atoms with Crippen LogP contribution < -0.4 is 20.9 Å². The van der Waals surface area contributed by atoms with Crippen molar-refractivity contribution in [3.8, 4) is 11.5 Å². The summed E-state index contributed by atoms with van der Waals surface area (Å²) in [7, 11) is 3.21. The highest BCUT2D eigenvalue weighted by Crippen LogP contribution is 2.24. The number of hydrogen-bond acceptors (Lipinski definition) is 4. The smallest absolute Gasteiger partial charge is 0.122 e. The molecule has 0 bridgehead atoms. The van der Waals surface area contributed by atoms with Gasteiger partial charge in [-0.1, -0.05) is 0 Å². The fraction of sp³-hybridized carbons (Fsp3) is 0.400. The Morgan fingerprint density at radius 3 is 1.93 bits per heavy atom. The fourth-order valence-corrected chi connectivity index (χ4v) is 1.18. The van der Waals surface area contributed by atoms with E-state index in [-0.39, 0.29) is 18.4 Å². The van der Waals surface area contributed by atoms with Gasteiger partial charge in [0.05, 0.1) is 14.2 Å². The molecule has 0 aromatic heterocycles. The van der Waals surface area contributed by atoms with Crippen molar-refractivity contribution in [1.29, 1.82) is 0 Å². The molecule has 86 valence electrons. The zero-order valence-corrected chi connectivity index (χ0v) is 9.71. The zero-order chi connectivity index (χ0) is 10.6. The predicted octanol–water partition coefficient (Wildman–Crippen LogP) is 1.08. The zero-order valence-electron chi connectivity index (χ0n) is 8.90. The van der Waals surface area contributed by atoms with Gasteiger partial charge in [0.15, 0.2) is 0 Å². The van der Waals surface area contributed by atoms with Crippen LogP contribution in [0.2, 0.25) is 0 Å². The van der Waals surface area contributed by atoms with Crippen molar-refractivity contribution in [3.63, 3.8) is 0 Å². The topological polar surface area (TPSA) is 70.5 Å². The lowest BCUT2D eigenvalue weighted by atomic mass is 10.1. The molecule has 4 nitrogen and oxygen atoms in total. The van der Waals surface area contributed by atoms with Gasteiger partial charge in [0, 0.05) is 18.7 Å². The molecule has 0 saturated heterocycles. The van der Waals surface area contributed by atoms with E-state index in [4.69, 9.17) is 20.9 Å². The molecular weight excluding hydrogens is 216 g/mol. The van der Waals surface area contributed by atoms with E-state index in [2.05, 4.69) is 0 Å². The fourth-order valence-electron chi connectivity index (χ4n) is 1.18. The third kappa shape index (κ3) is 3.58. The van der Waals surface area contributed by atoms with Crippen LogP contribution in [0.3, 0.4) is 0 Å². The lowest BCUT2D eigenvalue weighted by molar-refractivity contribution is 0.392. The summed E-state index contributed by atoms with van der Waals surface area (Å²) in [5.74, 6) is 1.45. The Hall–Kier alpha value is -0.970. The van der Waals surface area contributed by atoms with E-state index in [0.29, 0.717) is 6.54 Å². The second kappa shape index (κ2) is 6.50. The van der Waals surface area contributed by atoms with Crippen molar-refractivity contribution in [2.45, 2.75) is 6.04 Å². The molecule has 0 saturated carbocycles. The lowest BCUT2D eigenvalue weighted by Gasteiger charge is -2.12. The van der Waals surface area contributed by atoms with Crippen molar-refractivity contribution >= 4 is 12.4 Å². The SMILES string of the molecule is COc1cc(OC)cc([C@@H](N)CN)c1.Cl. The molecule has 0 unspecified atom stereocenters. The molecule has 1 aromatic rings. The third-order valence-electron chi connectivity index (χ3n) is 2.06. The molecule has 1 aromatic carbocycles. The van der Waals surface area contributed by atoms with E-state index >= 15 is 0 Å². The molecule has 0 amide bonds. The largest absolute Gasteiger partial charge is 0.497 e. The summed E-state index contributed by atoms with van der Waals surface area (Å²) in [5.41, 5.74) is 12.2. The Bertz CT molecular complexity index is 285. The van der Waals surface area contributed by atoms with E-state index in [1.54, 1.807) is 20.3 Å². The van der Waals surface area contributed by atoms with E-state index in [0.717, 1.165) is 17.1 Å². The number of halogens is 1.